The summed E-state index contributed by atoms with van der Waals surface area (Å²) in [4.78, 5) is 15.6. The third kappa shape index (κ3) is 1.27. The van der Waals surface area contributed by atoms with Crippen molar-refractivity contribution in [2.75, 3.05) is 0 Å². The number of hydrogen-bond donors (Lipinski definition) is 0. The highest BCUT2D eigenvalue weighted by Crippen LogP contribution is 2.18. The second-order valence-electron chi connectivity index (χ2n) is 3.18. The molecule has 0 bridgehead atoms. The van der Waals surface area contributed by atoms with Gasteiger partial charge in [-0.25, -0.2) is 0 Å². The molecule has 0 fully saturated rings. The molecule has 4 heteroatoms. The number of thiazole rings is 1. The number of fused-ring (bicyclic) bond motifs is 1. The summed E-state index contributed by atoms with van der Waals surface area (Å²) in [5.41, 5.74) is 0.938. The van der Waals surface area contributed by atoms with Crippen molar-refractivity contribution in [3.05, 3.63) is 28.1 Å². The standard InChI is InChI=1S/C9H10N2OS/c1-6(2)11-7-5-10-4-3-8(7)13-9(11)12/h3-6H,1-2H3. The third-order valence-corrected chi connectivity index (χ3v) is 2.87. The van der Waals surface area contributed by atoms with Crippen LogP contribution in [0.5, 0.6) is 0 Å². The van der Waals surface area contributed by atoms with E-state index in [1.54, 1.807) is 17.0 Å². The van der Waals surface area contributed by atoms with Gasteiger partial charge < -0.3 is 0 Å². The summed E-state index contributed by atoms with van der Waals surface area (Å²) >= 11 is 1.27. The molecular weight excluding hydrogens is 184 g/mol. The van der Waals surface area contributed by atoms with Crippen molar-refractivity contribution in [1.82, 2.24) is 9.55 Å². The van der Waals surface area contributed by atoms with Crippen molar-refractivity contribution in [1.29, 1.82) is 0 Å². The molecule has 2 heterocycles. The maximum absolute atomic E-state index is 11.5. The lowest BCUT2D eigenvalue weighted by molar-refractivity contribution is 0.610. The van der Waals surface area contributed by atoms with E-state index < -0.39 is 0 Å². The molecule has 2 rings (SSSR count). The molecule has 0 N–H and O–H groups in total. The van der Waals surface area contributed by atoms with Gasteiger partial charge in [-0.1, -0.05) is 11.3 Å². The van der Waals surface area contributed by atoms with E-state index in [4.69, 9.17) is 0 Å². The fourth-order valence-electron chi connectivity index (χ4n) is 1.37. The minimum Gasteiger partial charge on any atom is -0.295 e. The van der Waals surface area contributed by atoms with Crippen LogP contribution in [0.15, 0.2) is 23.3 Å². The smallest absolute Gasteiger partial charge is 0.295 e. The fourth-order valence-corrected chi connectivity index (χ4v) is 2.35. The Morgan fingerprint density at radius 1 is 1.54 bits per heavy atom. The molecule has 0 atom stereocenters. The van der Waals surface area contributed by atoms with Gasteiger partial charge in [0, 0.05) is 12.2 Å². The number of pyridine rings is 1. The summed E-state index contributed by atoms with van der Waals surface area (Å²) in [5.74, 6) is 0. The predicted octanol–water partition coefficient (Wildman–Crippen LogP) is 2.04. The van der Waals surface area contributed by atoms with Crippen LogP contribution >= 0.6 is 11.3 Å². The zero-order valence-electron chi connectivity index (χ0n) is 7.52. The first-order chi connectivity index (χ1) is 6.20. The molecule has 0 unspecified atom stereocenters. The lowest BCUT2D eigenvalue weighted by Gasteiger charge is -2.05. The van der Waals surface area contributed by atoms with E-state index >= 15 is 0 Å². The van der Waals surface area contributed by atoms with Gasteiger partial charge in [0.15, 0.2) is 0 Å². The van der Waals surface area contributed by atoms with Gasteiger partial charge in [0.25, 0.3) is 0 Å². The van der Waals surface area contributed by atoms with Crippen LogP contribution in [0, 0.1) is 0 Å². The molecule has 68 valence electrons. The van der Waals surface area contributed by atoms with Crippen LogP contribution < -0.4 is 4.87 Å². The Balaban J connectivity index is 2.87. The molecule has 2 aromatic rings. The van der Waals surface area contributed by atoms with Gasteiger partial charge in [-0.2, -0.15) is 0 Å². The highest BCUT2D eigenvalue weighted by molar-refractivity contribution is 7.16. The second-order valence-corrected chi connectivity index (χ2v) is 4.17. The van der Waals surface area contributed by atoms with E-state index in [0.29, 0.717) is 0 Å². The molecular formula is C9H10N2OS. The Kier molecular flexibility index (Phi) is 1.92. The van der Waals surface area contributed by atoms with Gasteiger partial charge in [0.1, 0.15) is 0 Å². The molecule has 2 aromatic heterocycles. The Bertz CT molecular complexity index is 484. The minimum absolute atomic E-state index is 0.0954. The van der Waals surface area contributed by atoms with E-state index in [1.807, 2.05) is 19.9 Å². The largest absolute Gasteiger partial charge is 0.308 e. The van der Waals surface area contributed by atoms with Crippen LogP contribution in [0.3, 0.4) is 0 Å². The minimum atomic E-state index is 0.0954. The van der Waals surface area contributed by atoms with Crippen molar-refractivity contribution in [2.24, 2.45) is 0 Å². The molecule has 0 aliphatic rings. The average Bonchev–Trinajstić information content (AvgIpc) is 2.39. The Labute approximate surface area is 79.7 Å². The molecule has 0 radical (unpaired) electrons. The van der Waals surface area contributed by atoms with Crippen molar-refractivity contribution in [2.45, 2.75) is 19.9 Å². The highest BCUT2D eigenvalue weighted by Gasteiger charge is 2.08. The molecule has 0 saturated heterocycles. The summed E-state index contributed by atoms with van der Waals surface area (Å²) in [6.07, 6.45) is 3.45. The fraction of sp³-hybridized carbons (Fsp3) is 0.333. The number of rotatable bonds is 1. The first-order valence-electron chi connectivity index (χ1n) is 4.15. The zero-order chi connectivity index (χ0) is 9.42. The van der Waals surface area contributed by atoms with E-state index in [0.717, 1.165) is 10.2 Å². The summed E-state index contributed by atoms with van der Waals surface area (Å²) in [7, 11) is 0. The van der Waals surface area contributed by atoms with E-state index in [9.17, 15) is 4.79 Å². The lowest BCUT2D eigenvalue weighted by Crippen LogP contribution is -2.14. The molecule has 3 nitrogen and oxygen atoms in total. The zero-order valence-corrected chi connectivity index (χ0v) is 8.34. The molecule has 0 aromatic carbocycles. The molecule has 0 amide bonds. The van der Waals surface area contributed by atoms with Crippen LogP contribution in [0.1, 0.15) is 19.9 Å². The van der Waals surface area contributed by atoms with Gasteiger partial charge in [0.05, 0.1) is 16.4 Å². The second kappa shape index (κ2) is 2.96. The molecule has 13 heavy (non-hydrogen) atoms. The summed E-state index contributed by atoms with van der Waals surface area (Å²) < 4.78 is 2.78. The van der Waals surface area contributed by atoms with Gasteiger partial charge >= 0.3 is 4.87 Å². The van der Waals surface area contributed by atoms with Gasteiger partial charge in [-0.05, 0) is 19.9 Å². The van der Waals surface area contributed by atoms with E-state index in [1.165, 1.54) is 11.3 Å². The number of aromatic nitrogens is 2. The van der Waals surface area contributed by atoms with Crippen molar-refractivity contribution in [3.63, 3.8) is 0 Å². The Morgan fingerprint density at radius 2 is 2.31 bits per heavy atom. The number of nitrogens with zero attached hydrogens (tertiary/aromatic N) is 2. The predicted molar refractivity (Wildman–Crippen MR) is 54.3 cm³/mol. The topological polar surface area (TPSA) is 34.9 Å². The summed E-state index contributed by atoms with van der Waals surface area (Å²) in [6, 6.07) is 2.07. The summed E-state index contributed by atoms with van der Waals surface area (Å²) in [5, 5.41) is 0. The quantitative estimate of drug-likeness (QED) is 0.696. The van der Waals surface area contributed by atoms with Crippen LogP contribution in [-0.2, 0) is 0 Å². The normalized spacial score (nSPS) is 11.3. The van der Waals surface area contributed by atoms with Crippen LogP contribution in [0.4, 0.5) is 0 Å². The average molecular weight is 194 g/mol. The van der Waals surface area contributed by atoms with Gasteiger partial charge in [0.2, 0.25) is 0 Å². The monoisotopic (exact) mass is 194 g/mol. The van der Waals surface area contributed by atoms with Gasteiger partial charge in [-0.15, -0.1) is 0 Å². The summed E-state index contributed by atoms with van der Waals surface area (Å²) in [6.45, 7) is 4.00. The first-order valence-corrected chi connectivity index (χ1v) is 4.97. The van der Waals surface area contributed by atoms with E-state index in [2.05, 4.69) is 4.98 Å². The molecule has 0 aliphatic heterocycles. The van der Waals surface area contributed by atoms with Crippen molar-refractivity contribution in [3.8, 4) is 0 Å². The van der Waals surface area contributed by atoms with E-state index in [-0.39, 0.29) is 10.9 Å². The molecule has 0 spiro atoms. The lowest BCUT2D eigenvalue weighted by atomic mass is 10.3. The molecule has 0 aliphatic carbocycles. The SMILES string of the molecule is CC(C)n1c(=O)sc2ccncc21. The van der Waals surface area contributed by atoms with Crippen LogP contribution in [-0.4, -0.2) is 9.55 Å². The maximum Gasteiger partial charge on any atom is 0.308 e. The number of hydrogen-bond acceptors (Lipinski definition) is 3. The first kappa shape index (κ1) is 8.44. The van der Waals surface area contributed by atoms with Crippen LogP contribution in [0.2, 0.25) is 0 Å². The maximum atomic E-state index is 11.5. The van der Waals surface area contributed by atoms with Crippen LogP contribution in [0.25, 0.3) is 10.2 Å². The van der Waals surface area contributed by atoms with Gasteiger partial charge in [-0.3, -0.25) is 14.3 Å². The highest BCUT2D eigenvalue weighted by atomic mass is 32.1. The van der Waals surface area contributed by atoms with Crippen molar-refractivity contribution < 1.29 is 0 Å². The Hall–Kier alpha value is -1.16. The third-order valence-electron chi connectivity index (χ3n) is 1.93. The van der Waals surface area contributed by atoms with Crippen molar-refractivity contribution >= 4 is 21.6 Å². The molecule has 0 saturated carbocycles. The Morgan fingerprint density at radius 3 is 3.00 bits per heavy atom.